The number of rotatable bonds is 5. The second kappa shape index (κ2) is 6.98. The van der Waals surface area contributed by atoms with E-state index in [1.165, 1.54) is 42.5 Å². The molecule has 2 aromatic carbocycles. The lowest BCUT2D eigenvalue weighted by atomic mass is 10.1. The van der Waals surface area contributed by atoms with Gasteiger partial charge in [0.05, 0.1) is 16.1 Å². The van der Waals surface area contributed by atoms with Crippen molar-refractivity contribution in [2.75, 3.05) is 6.73 Å². The van der Waals surface area contributed by atoms with E-state index in [1.54, 1.807) is 12.1 Å². The number of nitrogens with zero attached hydrogens (tertiary/aromatic N) is 2. The lowest BCUT2D eigenvalue weighted by molar-refractivity contribution is -0.384. The van der Waals surface area contributed by atoms with Crippen molar-refractivity contribution in [2.24, 2.45) is 0 Å². The van der Waals surface area contributed by atoms with Crippen LogP contribution in [0.4, 0.5) is 5.69 Å². The van der Waals surface area contributed by atoms with Crippen LogP contribution in [0.1, 0.15) is 26.3 Å². The van der Waals surface area contributed by atoms with Gasteiger partial charge in [-0.3, -0.25) is 19.7 Å². The number of nitro groups is 1. The quantitative estimate of drug-likeness (QED) is 0.269. The molecule has 0 spiro atoms. The number of imide groups is 1. The number of fused-ring (bicyclic) bond motifs is 1. The summed E-state index contributed by atoms with van der Waals surface area (Å²) in [7, 11) is 0. The Morgan fingerprint density at radius 2 is 1.62 bits per heavy atom. The van der Waals surface area contributed by atoms with E-state index in [2.05, 4.69) is 0 Å². The Hall–Kier alpha value is -3.81. The van der Waals surface area contributed by atoms with Gasteiger partial charge < -0.3 is 4.74 Å². The molecule has 1 aliphatic rings. The topological polar surface area (TPSA) is 107 Å². The number of amides is 2. The maximum atomic E-state index is 12.1. The number of carbonyl (C=O) groups excluding carboxylic acids is 3. The highest BCUT2D eigenvalue weighted by Gasteiger charge is 2.35. The van der Waals surface area contributed by atoms with Crippen LogP contribution in [0.5, 0.6) is 0 Å². The first-order valence-electron chi connectivity index (χ1n) is 7.52. The number of carbonyl (C=O) groups is 3. The van der Waals surface area contributed by atoms with Gasteiger partial charge in [0.15, 0.2) is 6.73 Å². The summed E-state index contributed by atoms with van der Waals surface area (Å²) in [6.45, 7) is -0.490. The van der Waals surface area contributed by atoms with E-state index >= 15 is 0 Å². The molecule has 1 aliphatic heterocycles. The third kappa shape index (κ3) is 3.34. The summed E-state index contributed by atoms with van der Waals surface area (Å²) in [4.78, 5) is 46.9. The van der Waals surface area contributed by atoms with Crippen LogP contribution in [-0.4, -0.2) is 34.3 Å². The fourth-order valence-corrected chi connectivity index (χ4v) is 2.40. The number of nitro benzene ring substituents is 1. The zero-order valence-electron chi connectivity index (χ0n) is 13.3. The Labute approximate surface area is 147 Å². The Morgan fingerprint density at radius 1 is 1.04 bits per heavy atom. The van der Waals surface area contributed by atoms with Crippen LogP contribution in [0.15, 0.2) is 54.6 Å². The van der Waals surface area contributed by atoms with Crippen molar-refractivity contribution < 1.29 is 24.0 Å². The van der Waals surface area contributed by atoms with Gasteiger partial charge in [-0.05, 0) is 35.9 Å². The number of hydrogen-bond donors (Lipinski definition) is 0. The second-order valence-corrected chi connectivity index (χ2v) is 5.36. The van der Waals surface area contributed by atoms with Crippen molar-refractivity contribution in [3.8, 4) is 0 Å². The zero-order valence-corrected chi connectivity index (χ0v) is 13.3. The van der Waals surface area contributed by atoms with Crippen molar-refractivity contribution in [1.82, 2.24) is 4.90 Å². The first-order valence-corrected chi connectivity index (χ1v) is 7.52. The molecule has 8 nitrogen and oxygen atoms in total. The highest BCUT2D eigenvalue weighted by Crippen LogP contribution is 2.22. The molecule has 0 radical (unpaired) electrons. The van der Waals surface area contributed by atoms with Crippen LogP contribution < -0.4 is 0 Å². The molecule has 0 fully saturated rings. The van der Waals surface area contributed by atoms with Crippen molar-refractivity contribution >= 4 is 29.5 Å². The van der Waals surface area contributed by atoms with E-state index in [0.29, 0.717) is 5.56 Å². The molecular weight excluding hydrogens is 340 g/mol. The monoisotopic (exact) mass is 352 g/mol. The summed E-state index contributed by atoms with van der Waals surface area (Å²) in [5.41, 5.74) is 1.05. The molecule has 130 valence electrons. The molecule has 0 aromatic heterocycles. The van der Waals surface area contributed by atoms with E-state index in [-0.39, 0.29) is 16.8 Å². The summed E-state index contributed by atoms with van der Waals surface area (Å²) in [6, 6.07) is 11.9. The minimum atomic E-state index is -0.750. The third-order valence-electron chi connectivity index (χ3n) is 3.73. The molecule has 3 rings (SSSR count). The SMILES string of the molecule is O=C(C=Cc1ccc([N+](=O)[O-])cc1)OCN1C(=O)c2ccccc2C1=O. The predicted molar refractivity (Wildman–Crippen MR) is 90.0 cm³/mol. The molecule has 8 heteroatoms. The molecule has 1 heterocycles. The molecule has 0 atom stereocenters. The number of esters is 1. The van der Waals surface area contributed by atoms with Crippen molar-refractivity contribution in [3.63, 3.8) is 0 Å². The normalized spacial score (nSPS) is 13.2. The summed E-state index contributed by atoms with van der Waals surface area (Å²) in [5.74, 6) is -1.78. The molecule has 0 saturated carbocycles. The summed E-state index contributed by atoms with van der Waals surface area (Å²) in [5, 5.41) is 10.6. The molecular formula is C18H12N2O6. The average molecular weight is 352 g/mol. The Morgan fingerprint density at radius 3 is 2.15 bits per heavy atom. The molecule has 0 unspecified atom stereocenters. The van der Waals surface area contributed by atoms with Gasteiger partial charge >= 0.3 is 5.97 Å². The van der Waals surface area contributed by atoms with Crippen LogP contribution in [0.25, 0.3) is 6.08 Å². The van der Waals surface area contributed by atoms with E-state index in [1.807, 2.05) is 0 Å². The molecule has 0 bridgehead atoms. The maximum Gasteiger partial charge on any atom is 0.332 e. The van der Waals surface area contributed by atoms with E-state index in [4.69, 9.17) is 4.74 Å². The van der Waals surface area contributed by atoms with Gasteiger partial charge in [0.2, 0.25) is 0 Å². The van der Waals surface area contributed by atoms with Crippen LogP contribution in [0.3, 0.4) is 0 Å². The van der Waals surface area contributed by atoms with Crippen LogP contribution in [0.2, 0.25) is 0 Å². The van der Waals surface area contributed by atoms with Crippen LogP contribution in [-0.2, 0) is 9.53 Å². The van der Waals surface area contributed by atoms with E-state index in [0.717, 1.165) is 11.0 Å². The largest absolute Gasteiger partial charge is 0.441 e. The predicted octanol–water partition coefficient (Wildman–Crippen LogP) is 2.40. The summed E-state index contributed by atoms with van der Waals surface area (Å²) < 4.78 is 4.93. The molecule has 2 amide bonds. The van der Waals surface area contributed by atoms with Gasteiger partial charge in [0.25, 0.3) is 17.5 Å². The van der Waals surface area contributed by atoms with Gasteiger partial charge in [-0.15, -0.1) is 0 Å². The van der Waals surface area contributed by atoms with Crippen molar-refractivity contribution in [2.45, 2.75) is 0 Å². The third-order valence-corrected chi connectivity index (χ3v) is 3.73. The van der Waals surface area contributed by atoms with Gasteiger partial charge in [0.1, 0.15) is 0 Å². The number of hydrogen-bond acceptors (Lipinski definition) is 6. The van der Waals surface area contributed by atoms with Crippen LogP contribution >= 0.6 is 0 Å². The number of ether oxygens (including phenoxy) is 1. The highest BCUT2D eigenvalue weighted by molar-refractivity contribution is 6.21. The second-order valence-electron chi connectivity index (χ2n) is 5.36. The van der Waals surface area contributed by atoms with E-state index < -0.39 is 29.4 Å². The minimum Gasteiger partial charge on any atom is -0.441 e. The van der Waals surface area contributed by atoms with Crippen molar-refractivity contribution in [3.05, 3.63) is 81.4 Å². The summed E-state index contributed by atoms with van der Waals surface area (Å²) >= 11 is 0. The first kappa shape index (κ1) is 17.0. The van der Waals surface area contributed by atoms with Gasteiger partial charge in [-0.25, -0.2) is 9.69 Å². The Bertz CT molecular complexity index is 898. The van der Waals surface area contributed by atoms with Gasteiger partial charge in [-0.2, -0.15) is 0 Å². The lowest BCUT2D eigenvalue weighted by Gasteiger charge is -2.12. The highest BCUT2D eigenvalue weighted by atomic mass is 16.6. The number of non-ortho nitro benzene ring substituents is 1. The molecule has 2 aromatic rings. The average Bonchev–Trinajstić information content (AvgIpc) is 2.89. The zero-order chi connectivity index (χ0) is 18.7. The summed E-state index contributed by atoms with van der Waals surface area (Å²) in [6.07, 6.45) is 2.52. The Balaban J connectivity index is 1.59. The van der Waals surface area contributed by atoms with Gasteiger partial charge in [0, 0.05) is 18.2 Å². The molecule has 0 N–H and O–H groups in total. The van der Waals surface area contributed by atoms with Crippen LogP contribution in [0, 0.1) is 10.1 Å². The standard InChI is InChI=1S/C18H12N2O6/c21-16(10-7-12-5-8-13(9-6-12)20(24)25)26-11-19-17(22)14-3-1-2-4-15(14)18(19)23/h1-10H,11H2. The maximum absolute atomic E-state index is 12.1. The first-order chi connectivity index (χ1) is 12.5. The molecule has 0 saturated heterocycles. The number of benzene rings is 2. The smallest absolute Gasteiger partial charge is 0.332 e. The van der Waals surface area contributed by atoms with Crippen molar-refractivity contribution in [1.29, 1.82) is 0 Å². The fourth-order valence-electron chi connectivity index (χ4n) is 2.40. The fraction of sp³-hybridized carbons (Fsp3) is 0.0556. The Kier molecular flexibility index (Phi) is 4.57. The van der Waals surface area contributed by atoms with E-state index in [9.17, 15) is 24.5 Å². The molecule has 26 heavy (non-hydrogen) atoms. The minimum absolute atomic E-state index is 0.0599. The van der Waals surface area contributed by atoms with Gasteiger partial charge in [-0.1, -0.05) is 12.1 Å². The molecule has 0 aliphatic carbocycles. The lowest BCUT2D eigenvalue weighted by Crippen LogP contribution is -2.32.